The van der Waals surface area contributed by atoms with Gasteiger partial charge in [-0.2, -0.15) is 5.10 Å². The van der Waals surface area contributed by atoms with Crippen LogP contribution in [0.1, 0.15) is 62.0 Å². The van der Waals surface area contributed by atoms with Crippen molar-refractivity contribution in [2.45, 2.75) is 58.5 Å². The lowest BCUT2D eigenvalue weighted by Crippen LogP contribution is -2.34. The van der Waals surface area contributed by atoms with Gasteiger partial charge in [0.15, 0.2) is 5.69 Å². The third-order valence-corrected chi connectivity index (χ3v) is 6.31. The van der Waals surface area contributed by atoms with Gasteiger partial charge in [-0.15, -0.1) is 0 Å². The summed E-state index contributed by atoms with van der Waals surface area (Å²) in [5.41, 5.74) is 2.99. The summed E-state index contributed by atoms with van der Waals surface area (Å²) in [5, 5.41) is 9.56. The second kappa shape index (κ2) is 11.7. The lowest BCUT2D eigenvalue weighted by atomic mass is 10.1. The van der Waals surface area contributed by atoms with Crippen molar-refractivity contribution in [3.8, 4) is 11.3 Å². The van der Waals surface area contributed by atoms with Gasteiger partial charge >= 0.3 is 0 Å². The Kier molecular flexibility index (Phi) is 9.03. The molecule has 2 aromatic carbocycles. The van der Waals surface area contributed by atoms with Crippen LogP contribution in [0.25, 0.3) is 11.3 Å². The highest BCUT2D eigenvalue weighted by atomic mass is 35.5. The van der Waals surface area contributed by atoms with Gasteiger partial charge in [0.25, 0.3) is 5.91 Å². The number of nitrogens with zero attached hydrogens (tertiary/aromatic N) is 2. The molecule has 0 bridgehead atoms. The molecule has 3 aromatic rings. The smallest absolute Gasteiger partial charge is 0.272 e. The fourth-order valence-corrected chi connectivity index (χ4v) is 4.19. The van der Waals surface area contributed by atoms with E-state index in [1.54, 1.807) is 16.8 Å². The quantitative estimate of drug-likeness (QED) is 0.295. The van der Waals surface area contributed by atoms with E-state index in [4.69, 9.17) is 34.8 Å². The molecule has 170 valence electrons. The second-order valence-electron chi connectivity index (χ2n) is 7.89. The molecule has 1 amide bonds. The predicted molar refractivity (Wildman–Crippen MR) is 134 cm³/mol. The van der Waals surface area contributed by atoms with Crippen molar-refractivity contribution in [1.29, 1.82) is 0 Å². The van der Waals surface area contributed by atoms with Crippen molar-refractivity contribution in [2.24, 2.45) is 0 Å². The fourth-order valence-electron chi connectivity index (χ4n) is 3.59. The van der Waals surface area contributed by atoms with Gasteiger partial charge in [-0.3, -0.25) is 9.48 Å². The molecule has 7 heteroatoms. The minimum Gasteiger partial charge on any atom is -0.348 e. The van der Waals surface area contributed by atoms with Crippen molar-refractivity contribution >= 4 is 40.7 Å². The fraction of sp³-hybridized carbons (Fsp3) is 0.360. The Morgan fingerprint density at radius 2 is 1.72 bits per heavy atom. The molecule has 1 N–H and O–H groups in total. The number of hydrogen-bond donors (Lipinski definition) is 1. The minimum absolute atomic E-state index is 0.142. The molecule has 0 radical (unpaired) electrons. The van der Waals surface area contributed by atoms with E-state index in [9.17, 15) is 4.79 Å². The van der Waals surface area contributed by atoms with E-state index in [0.717, 1.165) is 42.5 Å². The Morgan fingerprint density at radius 3 is 2.38 bits per heavy atom. The third kappa shape index (κ3) is 6.50. The summed E-state index contributed by atoms with van der Waals surface area (Å²) in [6, 6.07) is 14.8. The summed E-state index contributed by atoms with van der Waals surface area (Å²) in [7, 11) is 0. The van der Waals surface area contributed by atoms with Gasteiger partial charge < -0.3 is 5.32 Å². The van der Waals surface area contributed by atoms with Crippen LogP contribution in [0.5, 0.6) is 0 Å². The Bertz CT molecular complexity index is 1050. The van der Waals surface area contributed by atoms with E-state index in [-0.39, 0.29) is 11.9 Å². The Morgan fingerprint density at radius 1 is 1.00 bits per heavy atom. The molecule has 1 heterocycles. The van der Waals surface area contributed by atoms with Crippen molar-refractivity contribution < 1.29 is 4.79 Å². The maximum absolute atomic E-state index is 13.0. The van der Waals surface area contributed by atoms with Gasteiger partial charge in [0.1, 0.15) is 0 Å². The number of carbonyl (C=O) groups is 1. The van der Waals surface area contributed by atoms with Gasteiger partial charge in [-0.1, -0.05) is 86.1 Å². The van der Waals surface area contributed by atoms with E-state index in [2.05, 4.69) is 24.3 Å². The maximum Gasteiger partial charge on any atom is 0.272 e. The number of halogens is 3. The molecular formula is C25H28Cl3N3O. The molecule has 1 aromatic heterocycles. The van der Waals surface area contributed by atoms with E-state index in [1.807, 2.05) is 36.4 Å². The molecule has 32 heavy (non-hydrogen) atoms. The van der Waals surface area contributed by atoms with E-state index in [1.165, 1.54) is 6.42 Å². The van der Waals surface area contributed by atoms with Crippen molar-refractivity contribution in [3.05, 3.63) is 74.9 Å². The van der Waals surface area contributed by atoms with Crippen LogP contribution in [0, 0.1) is 0 Å². The molecule has 0 aliphatic rings. The van der Waals surface area contributed by atoms with Crippen molar-refractivity contribution in [2.75, 3.05) is 0 Å². The van der Waals surface area contributed by atoms with Crippen LogP contribution in [-0.4, -0.2) is 21.7 Å². The lowest BCUT2D eigenvalue weighted by Gasteiger charge is -2.15. The second-order valence-corrected chi connectivity index (χ2v) is 9.17. The largest absolute Gasteiger partial charge is 0.348 e. The zero-order valence-corrected chi connectivity index (χ0v) is 20.6. The molecule has 1 unspecified atom stereocenters. The van der Waals surface area contributed by atoms with Gasteiger partial charge in [0, 0.05) is 21.1 Å². The maximum atomic E-state index is 13.0. The number of carbonyl (C=O) groups excluding carboxylic acids is 1. The molecule has 4 nitrogen and oxygen atoms in total. The summed E-state index contributed by atoms with van der Waals surface area (Å²) in [4.78, 5) is 13.0. The van der Waals surface area contributed by atoms with Crippen LogP contribution in [0.15, 0.2) is 48.5 Å². The first-order valence-electron chi connectivity index (χ1n) is 11.0. The third-order valence-electron chi connectivity index (χ3n) is 5.47. The first kappa shape index (κ1) is 24.6. The molecule has 3 rings (SSSR count). The monoisotopic (exact) mass is 491 g/mol. The molecule has 0 saturated heterocycles. The zero-order valence-electron chi connectivity index (χ0n) is 18.4. The molecule has 1 atom stereocenters. The Labute approximate surface area is 204 Å². The highest BCUT2D eigenvalue weighted by Crippen LogP contribution is 2.27. The number of rotatable bonds is 10. The lowest BCUT2D eigenvalue weighted by molar-refractivity contribution is 0.0927. The molecule has 0 spiro atoms. The number of benzene rings is 2. The normalized spacial score (nSPS) is 12.0. The summed E-state index contributed by atoms with van der Waals surface area (Å²) in [6.45, 7) is 4.68. The van der Waals surface area contributed by atoms with Crippen LogP contribution < -0.4 is 5.32 Å². The van der Waals surface area contributed by atoms with Crippen LogP contribution in [-0.2, 0) is 6.54 Å². The summed E-state index contributed by atoms with van der Waals surface area (Å²) in [6.07, 6.45) is 5.30. The van der Waals surface area contributed by atoms with Gasteiger partial charge in [0.05, 0.1) is 12.2 Å². The van der Waals surface area contributed by atoms with Crippen LogP contribution in [0.3, 0.4) is 0 Å². The summed E-state index contributed by atoms with van der Waals surface area (Å²) >= 11 is 18.5. The number of aromatic nitrogens is 2. The van der Waals surface area contributed by atoms with Crippen molar-refractivity contribution in [3.63, 3.8) is 0 Å². The Hall–Kier alpha value is -2.01. The van der Waals surface area contributed by atoms with E-state index < -0.39 is 0 Å². The molecular weight excluding hydrogens is 465 g/mol. The predicted octanol–water partition coefficient (Wildman–Crippen LogP) is 7.65. The summed E-state index contributed by atoms with van der Waals surface area (Å²) < 4.78 is 1.80. The van der Waals surface area contributed by atoms with Crippen LogP contribution >= 0.6 is 34.8 Å². The van der Waals surface area contributed by atoms with Crippen LogP contribution in [0.2, 0.25) is 15.1 Å². The van der Waals surface area contributed by atoms with Crippen LogP contribution in [0.4, 0.5) is 0 Å². The average molecular weight is 493 g/mol. The SMILES string of the molecule is CCCCCC(CC)NC(=O)c1cc(-c2ccc(Cl)cc2)n(Cc2ccc(Cl)cc2Cl)n1. The standard InChI is InChI=1S/C25H28Cl3N3O/c1-3-5-6-7-21(4-2)29-25(32)23-15-24(17-8-11-19(26)12-9-17)31(30-23)16-18-10-13-20(27)14-22(18)28/h8-15,21H,3-7,16H2,1-2H3,(H,29,32). The minimum atomic E-state index is -0.162. The topological polar surface area (TPSA) is 46.9 Å². The first-order chi connectivity index (χ1) is 15.4. The molecule has 0 fully saturated rings. The zero-order chi connectivity index (χ0) is 23.1. The van der Waals surface area contributed by atoms with E-state index >= 15 is 0 Å². The highest BCUT2D eigenvalue weighted by Gasteiger charge is 2.19. The first-order valence-corrected chi connectivity index (χ1v) is 12.1. The molecule has 0 saturated carbocycles. The van der Waals surface area contributed by atoms with E-state index in [0.29, 0.717) is 27.3 Å². The number of hydrogen-bond acceptors (Lipinski definition) is 2. The number of amides is 1. The van der Waals surface area contributed by atoms with Crippen molar-refractivity contribution in [1.82, 2.24) is 15.1 Å². The van der Waals surface area contributed by atoms with Gasteiger partial charge in [-0.05, 0) is 54.3 Å². The number of unbranched alkanes of at least 4 members (excludes halogenated alkanes) is 2. The average Bonchev–Trinajstić information content (AvgIpc) is 3.19. The van der Waals surface area contributed by atoms with Gasteiger partial charge in [0.2, 0.25) is 0 Å². The van der Waals surface area contributed by atoms with Gasteiger partial charge in [-0.25, -0.2) is 0 Å². The highest BCUT2D eigenvalue weighted by molar-refractivity contribution is 6.35. The molecule has 0 aliphatic carbocycles. The molecule has 0 aliphatic heterocycles. The summed E-state index contributed by atoms with van der Waals surface area (Å²) in [5.74, 6) is -0.162. The number of nitrogens with one attached hydrogen (secondary N) is 1. The Balaban J connectivity index is 1.89.